The first-order chi connectivity index (χ1) is 14.3. The Morgan fingerprint density at radius 3 is 2.60 bits per heavy atom. The van der Waals surface area contributed by atoms with Crippen LogP contribution in [0.15, 0.2) is 30.3 Å². The standard InChI is InChI=1S/C25H34O5/c1-25(29,16-14-19-10-6-5-7-11-19)17-15-21-20(22(26)18-23(21)27)12-8-3-4-9-13-24(28)30-2/h5-7,10-11,20-21,23,27,29H,3-4,8-9,12-14,16,18H2,1-2H3/t20-,21-,23+,25+/m1/s1. The van der Waals surface area contributed by atoms with Crippen LogP contribution >= 0.6 is 0 Å². The Labute approximate surface area is 179 Å². The second kappa shape index (κ2) is 11.9. The van der Waals surface area contributed by atoms with Crippen LogP contribution in [0.3, 0.4) is 0 Å². The molecule has 30 heavy (non-hydrogen) atoms. The molecule has 2 N–H and O–H groups in total. The van der Waals surface area contributed by atoms with E-state index in [0.29, 0.717) is 25.7 Å². The zero-order valence-electron chi connectivity index (χ0n) is 18.1. The molecule has 0 heterocycles. The fourth-order valence-corrected chi connectivity index (χ4v) is 3.91. The van der Waals surface area contributed by atoms with Crippen LogP contribution in [-0.2, 0) is 20.7 Å². The topological polar surface area (TPSA) is 83.8 Å². The van der Waals surface area contributed by atoms with E-state index < -0.39 is 17.6 Å². The largest absolute Gasteiger partial charge is 0.469 e. The van der Waals surface area contributed by atoms with E-state index in [1.165, 1.54) is 7.11 Å². The molecule has 164 valence electrons. The van der Waals surface area contributed by atoms with E-state index in [1.54, 1.807) is 6.92 Å². The molecule has 1 aliphatic carbocycles. The number of benzene rings is 1. The van der Waals surface area contributed by atoms with Gasteiger partial charge in [0, 0.05) is 18.8 Å². The van der Waals surface area contributed by atoms with Crippen LogP contribution in [0.1, 0.15) is 63.9 Å². The number of esters is 1. The number of ketones is 1. The minimum atomic E-state index is -1.17. The molecule has 0 spiro atoms. The van der Waals surface area contributed by atoms with Gasteiger partial charge in [-0.15, -0.1) is 0 Å². The molecule has 0 radical (unpaired) electrons. The lowest BCUT2D eigenvalue weighted by Crippen LogP contribution is -2.25. The van der Waals surface area contributed by atoms with E-state index in [-0.39, 0.29) is 24.1 Å². The molecule has 5 heteroatoms. The summed E-state index contributed by atoms with van der Waals surface area (Å²) in [7, 11) is 1.39. The Morgan fingerprint density at radius 1 is 1.20 bits per heavy atom. The molecule has 1 aliphatic rings. The third kappa shape index (κ3) is 7.93. The molecule has 1 aromatic rings. The van der Waals surface area contributed by atoms with Crippen molar-refractivity contribution in [3.05, 3.63) is 35.9 Å². The number of rotatable bonds is 10. The van der Waals surface area contributed by atoms with Gasteiger partial charge in [0.05, 0.1) is 19.1 Å². The third-order valence-corrected chi connectivity index (χ3v) is 5.80. The second-order valence-electron chi connectivity index (χ2n) is 8.43. The van der Waals surface area contributed by atoms with Gasteiger partial charge in [0.15, 0.2) is 0 Å². The number of hydrogen-bond acceptors (Lipinski definition) is 5. The first-order valence-electron chi connectivity index (χ1n) is 10.9. The number of carbonyl (C=O) groups is 2. The maximum atomic E-state index is 12.3. The molecule has 1 aromatic carbocycles. The summed E-state index contributed by atoms with van der Waals surface area (Å²) in [4.78, 5) is 23.5. The Morgan fingerprint density at radius 2 is 1.90 bits per heavy atom. The number of hydrogen-bond donors (Lipinski definition) is 2. The van der Waals surface area contributed by atoms with Crippen LogP contribution in [0.5, 0.6) is 0 Å². The van der Waals surface area contributed by atoms with Gasteiger partial charge in [-0.2, -0.15) is 0 Å². The molecular weight excluding hydrogens is 380 g/mol. The molecule has 0 aliphatic heterocycles. The summed E-state index contributed by atoms with van der Waals surface area (Å²) in [5, 5.41) is 20.9. The molecule has 5 nitrogen and oxygen atoms in total. The van der Waals surface area contributed by atoms with E-state index in [4.69, 9.17) is 0 Å². The van der Waals surface area contributed by atoms with E-state index in [2.05, 4.69) is 16.6 Å². The van der Waals surface area contributed by atoms with Crippen LogP contribution in [-0.4, -0.2) is 40.8 Å². The first-order valence-corrected chi connectivity index (χ1v) is 10.9. The highest BCUT2D eigenvalue weighted by molar-refractivity contribution is 5.85. The Balaban J connectivity index is 1.85. The lowest BCUT2D eigenvalue weighted by atomic mass is 9.88. The maximum Gasteiger partial charge on any atom is 0.305 e. The maximum absolute atomic E-state index is 12.3. The van der Waals surface area contributed by atoms with Crippen LogP contribution < -0.4 is 0 Å². The third-order valence-electron chi connectivity index (χ3n) is 5.80. The number of Topliss-reactive ketones (excluding diaryl/α,β-unsaturated/α-hetero) is 1. The molecule has 0 unspecified atom stereocenters. The predicted molar refractivity (Wildman–Crippen MR) is 115 cm³/mol. The summed E-state index contributed by atoms with van der Waals surface area (Å²) in [6, 6.07) is 9.93. The number of carbonyl (C=O) groups excluding carboxylic acids is 2. The van der Waals surface area contributed by atoms with Crippen molar-refractivity contribution in [2.24, 2.45) is 11.8 Å². The van der Waals surface area contributed by atoms with Gasteiger partial charge < -0.3 is 14.9 Å². The van der Waals surface area contributed by atoms with Crippen molar-refractivity contribution in [2.75, 3.05) is 7.11 Å². The van der Waals surface area contributed by atoms with Gasteiger partial charge in [0.25, 0.3) is 0 Å². The highest BCUT2D eigenvalue weighted by atomic mass is 16.5. The van der Waals surface area contributed by atoms with Crippen molar-refractivity contribution in [1.29, 1.82) is 0 Å². The van der Waals surface area contributed by atoms with Crippen molar-refractivity contribution in [2.45, 2.75) is 76.4 Å². The number of aryl methyl sites for hydroxylation is 1. The van der Waals surface area contributed by atoms with Gasteiger partial charge >= 0.3 is 5.97 Å². The Kier molecular flexibility index (Phi) is 9.55. The normalized spacial score (nSPS) is 22.8. The van der Waals surface area contributed by atoms with Crippen LogP contribution in [0, 0.1) is 23.7 Å². The van der Waals surface area contributed by atoms with E-state index in [1.807, 2.05) is 30.3 Å². The van der Waals surface area contributed by atoms with Gasteiger partial charge in [-0.3, -0.25) is 9.59 Å². The van der Waals surface area contributed by atoms with Gasteiger partial charge in [-0.1, -0.05) is 61.4 Å². The summed E-state index contributed by atoms with van der Waals surface area (Å²) >= 11 is 0. The predicted octanol–water partition coefficient (Wildman–Crippen LogP) is 3.45. The summed E-state index contributed by atoms with van der Waals surface area (Å²) < 4.78 is 4.63. The minimum Gasteiger partial charge on any atom is -0.469 e. The monoisotopic (exact) mass is 414 g/mol. The van der Waals surface area contributed by atoms with Crippen molar-refractivity contribution >= 4 is 11.8 Å². The van der Waals surface area contributed by atoms with Crippen molar-refractivity contribution in [1.82, 2.24) is 0 Å². The van der Waals surface area contributed by atoms with Crippen molar-refractivity contribution in [3.8, 4) is 11.8 Å². The van der Waals surface area contributed by atoms with Crippen LogP contribution in [0.25, 0.3) is 0 Å². The molecule has 0 saturated heterocycles. The number of unbranched alkanes of at least 4 members (excludes halogenated alkanes) is 3. The Hall–Kier alpha value is -2.16. The van der Waals surface area contributed by atoms with Gasteiger partial charge in [-0.25, -0.2) is 0 Å². The zero-order chi connectivity index (χ0) is 22.0. The smallest absolute Gasteiger partial charge is 0.305 e. The molecule has 0 bridgehead atoms. The average molecular weight is 415 g/mol. The number of methoxy groups -OCH3 is 1. The van der Waals surface area contributed by atoms with Crippen LogP contribution in [0.2, 0.25) is 0 Å². The van der Waals surface area contributed by atoms with Crippen LogP contribution in [0.4, 0.5) is 0 Å². The SMILES string of the molecule is COC(=O)CCCCCC[C@H]1C(=O)C[C@H](O)[C@@H]1C#C[C@@](C)(O)CCc1ccccc1. The molecule has 1 fully saturated rings. The lowest BCUT2D eigenvalue weighted by molar-refractivity contribution is -0.140. The summed E-state index contributed by atoms with van der Waals surface area (Å²) in [6.07, 6.45) is 5.14. The molecule has 2 rings (SSSR count). The zero-order valence-corrected chi connectivity index (χ0v) is 18.1. The highest BCUT2D eigenvalue weighted by Gasteiger charge is 2.40. The van der Waals surface area contributed by atoms with Gasteiger partial charge in [0.1, 0.15) is 11.4 Å². The molecule has 0 amide bonds. The first kappa shape index (κ1) is 24.1. The minimum absolute atomic E-state index is 0.0558. The molecule has 4 atom stereocenters. The van der Waals surface area contributed by atoms with E-state index in [0.717, 1.165) is 31.2 Å². The molecular formula is C25H34O5. The fourth-order valence-electron chi connectivity index (χ4n) is 3.91. The van der Waals surface area contributed by atoms with E-state index in [9.17, 15) is 19.8 Å². The average Bonchev–Trinajstić information content (AvgIpc) is 3.00. The molecule has 0 aromatic heterocycles. The van der Waals surface area contributed by atoms with Crippen molar-refractivity contribution < 1.29 is 24.5 Å². The fraction of sp³-hybridized carbons (Fsp3) is 0.600. The second-order valence-corrected chi connectivity index (χ2v) is 8.43. The highest BCUT2D eigenvalue weighted by Crippen LogP contribution is 2.33. The number of aliphatic hydroxyl groups excluding tert-OH is 1. The van der Waals surface area contributed by atoms with Crippen molar-refractivity contribution in [3.63, 3.8) is 0 Å². The lowest BCUT2D eigenvalue weighted by Gasteiger charge is -2.19. The number of aliphatic hydroxyl groups is 2. The number of ether oxygens (including phenoxy) is 1. The summed E-state index contributed by atoms with van der Waals surface area (Å²) in [5.74, 6) is 5.11. The summed E-state index contributed by atoms with van der Waals surface area (Å²) in [5.41, 5.74) is -0.0275. The van der Waals surface area contributed by atoms with Gasteiger partial charge in [-0.05, 0) is 38.2 Å². The molecule has 1 saturated carbocycles. The quantitative estimate of drug-likeness (QED) is 0.348. The van der Waals surface area contributed by atoms with E-state index >= 15 is 0 Å². The summed E-state index contributed by atoms with van der Waals surface area (Å²) in [6.45, 7) is 1.68. The Bertz CT molecular complexity index is 744. The van der Waals surface area contributed by atoms with Gasteiger partial charge in [0.2, 0.25) is 0 Å².